The molecule has 14 heavy (non-hydrogen) atoms. The number of rotatable bonds is 3. The first-order valence-electron chi connectivity index (χ1n) is 5.49. The SMILES string of the molecule is CCNC(N)=NCC1CC2CCC1O2. The minimum atomic E-state index is 0.457. The number of nitrogens with one attached hydrogen (secondary N) is 1. The molecule has 3 N–H and O–H groups in total. The summed E-state index contributed by atoms with van der Waals surface area (Å²) >= 11 is 0. The maximum Gasteiger partial charge on any atom is 0.188 e. The van der Waals surface area contributed by atoms with Gasteiger partial charge in [0.2, 0.25) is 0 Å². The van der Waals surface area contributed by atoms with Crippen molar-refractivity contribution in [1.29, 1.82) is 0 Å². The normalized spacial score (nSPS) is 36.4. The number of hydrogen-bond acceptors (Lipinski definition) is 2. The number of ether oxygens (including phenoxy) is 1. The number of aliphatic imine (C=N–C) groups is 1. The van der Waals surface area contributed by atoms with Gasteiger partial charge in [0.05, 0.1) is 12.2 Å². The lowest BCUT2D eigenvalue weighted by Crippen LogP contribution is -2.32. The summed E-state index contributed by atoms with van der Waals surface area (Å²) < 4.78 is 5.75. The molecule has 2 heterocycles. The van der Waals surface area contributed by atoms with Crippen LogP contribution < -0.4 is 11.1 Å². The zero-order valence-electron chi connectivity index (χ0n) is 8.70. The highest BCUT2D eigenvalue weighted by Gasteiger charge is 2.40. The van der Waals surface area contributed by atoms with Crippen molar-refractivity contribution in [2.45, 2.75) is 38.4 Å². The van der Waals surface area contributed by atoms with E-state index in [0.717, 1.165) is 13.1 Å². The van der Waals surface area contributed by atoms with Gasteiger partial charge < -0.3 is 15.8 Å². The third-order valence-electron chi connectivity index (χ3n) is 3.09. The third-order valence-corrected chi connectivity index (χ3v) is 3.09. The van der Waals surface area contributed by atoms with Crippen molar-refractivity contribution in [2.24, 2.45) is 16.6 Å². The van der Waals surface area contributed by atoms with Crippen molar-refractivity contribution >= 4 is 5.96 Å². The van der Waals surface area contributed by atoms with Crippen molar-refractivity contribution in [1.82, 2.24) is 5.32 Å². The van der Waals surface area contributed by atoms with Crippen LogP contribution in [0, 0.1) is 5.92 Å². The van der Waals surface area contributed by atoms with Crippen LogP contribution in [-0.4, -0.2) is 31.3 Å². The fourth-order valence-corrected chi connectivity index (χ4v) is 2.39. The van der Waals surface area contributed by atoms with E-state index in [0.29, 0.717) is 24.1 Å². The molecule has 0 aliphatic carbocycles. The first kappa shape index (κ1) is 9.77. The summed E-state index contributed by atoms with van der Waals surface area (Å²) in [6, 6.07) is 0. The zero-order valence-corrected chi connectivity index (χ0v) is 8.70. The fraction of sp³-hybridized carbons (Fsp3) is 0.900. The summed E-state index contributed by atoms with van der Waals surface area (Å²) in [4.78, 5) is 4.32. The molecule has 4 heteroatoms. The number of nitrogens with zero attached hydrogens (tertiary/aromatic N) is 1. The Hall–Kier alpha value is -0.770. The van der Waals surface area contributed by atoms with Gasteiger partial charge in [-0.2, -0.15) is 0 Å². The van der Waals surface area contributed by atoms with Crippen LogP contribution in [0.2, 0.25) is 0 Å². The van der Waals surface area contributed by atoms with Crippen molar-refractivity contribution in [3.63, 3.8) is 0 Å². The van der Waals surface area contributed by atoms with E-state index in [9.17, 15) is 0 Å². The average Bonchev–Trinajstić information content (AvgIpc) is 2.76. The molecule has 80 valence electrons. The summed E-state index contributed by atoms with van der Waals surface area (Å²) in [5.74, 6) is 1.17. The Morgan fingerprint density at radius 1 is 1.57 bits per heavy atom. The number of nitrogens with two attached hydrogens (primary N) is 1. The van der Waals surface area contributed by atoms with E-state index in [1.807, 2.05) is 6.92 Å². The van der Waals surface area contributed by atoms with E-state index in [2.05, 4.69) is 10.3 Å². The van der Waals surface area contributed by atoms with Gasteiger partial charge in [-0.05, 0) is 26.2 Å². The second-order valence-corrected chi connectivity index (χ2v) is 4.13. The van der Waals surface area contributed by atoms with Crippen molar-refractivity contribution in [2.75, 3.05) is 13.1 Å². The van der Waals surface area contributed by atoms with Crippen LogP contribution in [0.3, 0.4) is 0 Å². The number of hydrogen-bond donors (Lipinski definition) is 2. The van der Waals surface area contributed by atoms with E-state index < -0.39 is 0 Å². The second-order valence-electron chi connectivity index (χ2n) is 4.13. The lowest BCUT2D eigenvalue weighted by molar-refractivity contribution is 0.0937. The highest BCUT2D eigenvalue weighted by Crippen LogP contribution is 2.38. The van der Waals surface area contributed by atoms with Crippen molar-refractivity contribution in [3.05, 3.63) is 0 Å². The summed E-state index contributed by atoms with van der Waals surface area (Å²) in [6.45, 7) is 3.67. The molecule has 0 aromatic rings. The maximum atomic E-state index is 5.75. The van der Waals surface area contributed by atoms with Crippen LogP contribution in [0.25, 0.3) is 0 Å². The summed E-state index contributed by atoms with van der Waals surface area (Å²) in [7, 11) is 0. The molecule has 4 nitrogen and oxygen atoms in total. The lowest BCUT2D eigenvalue weighted by Gasteiger charge is -2.16. The molecule has 0 radical (unpaired) electrons. The van der Waals surface area contributed by atoms with Gasteiger partial charge in [-0.25, -0.2) is 0 Å². The monoisotopic (exact) mass is 197 g/mol. The Bertz CT molecular complexity index is 229. The van der Waals surface area contributed by atoms with Gasteiger partial charge in [0.25, 0.3) is 0 Å². The molecule has 0 saturated carbocycles. The topological polar surface area (TPSA) is 59.6 Å². The van der Waals surface area contributed by atoms with Crippen LogP contribution in [0.1, 0.15) is 26.2 Å². The molecule has 2 rings (SSSR count). The van der Waals surface area contributed by atoms with Gasteiger partial charge in [0, 0.05) is 19.0 Å². The Kier molecular flexibility index (Phi) is 2.91. The summed E-state index contributed by atoms with van der Waals surface area (Å²) in [6.07, 6.45) is 4.60. The smallest absolute Gasteiger partial charge is 0.188 e. The first-order chi connectivity index (χ1) is 6.79. The molecular formula is C10H19N3O. The quantitative estimate of drug-likeness (QED) is 0.511. The fourth-order valence-electron chi connectivity index (χ4n) is 2.39. The van der Waals surface area contributed by atoms with Crippen molar-refractivity contribution in [3.8, 4) is 0 Å². The van der Waals surface area contributed by atoms with Gasteiger partial charge in [0.1, 0.15) is 0 Å². The molecule has 0 aromatic heterocycles. The number of fused-ring (bicyclic) bond motifs is 2. The Balaban J connectivity index is 1.78. The van der Waals surface area contributed by atoms with E-state index >= 15 is 0 Å². The minimum Gasteiger partial charge on any atom is -0.375 e. The maximum absolute atomic E-state index is 5.75. The van der Waals surface area contributed by atoms with Crippen LogP contribution >= 0.6 is 0 Å². The van der Waals surface area contributed by atoms with Crippen LogP contribution in [0.15, 0.2) is 4.99 Å². The van der Waals surface area contributed by atoms with Gasteiger partial charge in [-0.15, -0.1) is 0 Å². The van der Waals surface area contributed by atoms with E-state index in [4.69, 9.17) is 10.5 Å². The first-order valence-corrected chi connectivity index (χ1v) is 5.49. The van der Waals surface area contributed by atoms with Crippen molar-refractivity contribution < 1.29 is 4.74 Å². The van der Waals surface area contributed by atoms with Gasteiger partial charge >= 0.3 is 0 Å². The summed E-state index contributed by atoms with van der Waals surface area (Å²) in [5, 5.41) is 3.00. The Morgan fingerprint density at radius 2 is 2.43 bits per heavy atom. The van der Waals surface area contributed by atoms with Gasteiger partial charge in [-0.3, -0.25) is 4.99 Å². The van der Waals surface area contributed by atoms with E-state index in [1.54, 1.807) is 0 Å². The molecule has 2 bridgehead atoms. The van der Waals surface area contributed by atoms with E-state index in [1.165, 1.54) is 19.3 Å². The molecule has 0 spiro atoms. The number of guanidine groups is 1. The zero-order chi connectivity index (χ0) is 9.97. The third kappa shape index (κ3) is 2.00. The Labute approximate surface area is 84.9 Å². The van der Waals surface area contributed by atoms with Crippen LogP contribution in [0.4, 0.5) is 0 Å². The van der Waals surface area contributed by atoms with Gasteiger partial charge in [-0.1, -0.05) is 0 Å². The molecule has 2 fully saturated rings. The lowest BCUT2D eigenvalue weighted by atomic mass is 9.89. The predicted molar refractivity (Wildman–Crippen MR) is 56.2 cm³/mol. The largest absolute Gasteiger partial charge is 0.375 e. The Morgan fingerprint density at radius 3 is 3.00 bits per heavy atom. The van der Waals surface area contributed by atoms with Crippen LogP contribution in [-0.2, 0) is 4.74 Å². The van der Waals surface area contributed by atoms with Gasteiger partial charge in [0.15, 0.2) is 5.96 Å². The molecule has 0 aromatic carbocycles. The van der Waals surface area contributed by atoms with E-state index in [-0.39, 0.29) is 0 Å². The van der Waals surface area contributed by atoms with Crippen LogP contribution in [0.5, 0.6) is 0 Å². The minimum absolute atomic E-state index is 0.457. The predicted octanol–water partition coefficient (Wildman–Crippen LogP) is 0.478. The standard InChI is InChI=1S/C10H19N3O/c1-2-12-10(11)13-6-7-5-8-3-4-9(7)14-8/h7-9H,2-6H2,1H3,(H3,11,12,13). The molecule has 2 saturated heterocycles. The molecule has 3 unspecified atom stereocenters. The highest BCUT2D eigenvalue weighted by molar-refractivity contribution is 5.77. The molecule has 2 aliphatic rings. The highest BCUT2D eigenvalue weighted by atomic mass is 16.5. The second kappa shape index (κ2) is 4.17. The molecule has 3 atom stereocenters. The molecule has 2 aliphatic heterocycles. The summed E-state index contributed by atoms with van der Waals surface area (Å²) in [5.41, 5.74) is 5.66. The average molecular weight is 197 g/mol. The molecular weight excluding hydrogens is 178 g/mol. The molecule has 0 amide bonds.